The van der Waals surface area contributed by atoms with Crippen LogP contribution in [-0.4, -0.2) is 42.7 Å². The minimum Gasteiger partial charge on any atom is -0.497 e. The molecule has 6 heteroatoms. The number of aliphatic imine (C=N–C) groups is 1. The Morgan fingerprint density at radius 2 is 2.15 bits per heavy atom. The van der Waals surface area contributed by atoms with Crippen molar-refractivity contribution in [1.82, 2.24) is 9.97 Å². The number of methoxy groups -OCH3 is 1. The fourth-order valence-corrected chi connectivity index (χ4v) is 4.06. The van der Waals surface area contributed by atoms with Crippen LogP contribution in [0.4, 0.5) is 0 Å². The quantitative estimate of drug-likeness (QED) is 0.223. The van der Waals surface area contributed by atoms with Gasteiger partial charge >= 0.3 is 0 Å². The van der Waals surface area contributed by atoms with E-state index in [0.29, 0.717) is 24.2 Å². The van der Waals surface area contributed by atoms with E-state index in [1.54, 1.807) is 24.9 Å². The third-order valence-electron chi connectivity index (χ3n) is 4.56. The van der Waals surface area contributed by atoms with Crippen molar-refractivity contribution in [3.05, 3.63) is 42.0 Å². The molecule has 0 fully saturated rings. The van der Waals surface area contributed by atoms with Crippen LogP contribution in [0.2, 0.25) is 0 Å². The molecule has 1 aliphatic carbocycles. The molecule has 1 aromatic carbocycles. The number of aromatic nitrogens is 2. The van der Waals surface area contributed by atoms with Crippen molar-refractivity contribution in [1.29, 1.82) is 0 Å². The molecule has 0 aliphatic heterocycles. The average Bonchev–Trinajstić information content (AvgIpc) is 2.65. The molecule has 0 unspecified atom stereocenters. The third kappa shape index (κ3) is 4.00. The largest absolute Gasteiger partial charge is 0.497 e. The van der Waals surface area contributed by atoms with Gasteiger partial charge in [-0.3, -0.25) is 0 Å². The van der Waals surface area contributed by atoms with Gasteiger partial charge in [-0.1, -0.05) is 44.3 Å². The van der Waals surface area contributed by atoms with Crippen molar-refractivity contribution < 1.29 is 9.47 Å². The van der Waals surface area contributed by atoms with Crippen molar-refractivity contribution in [3.8, 4) is 22.9 Å². The van der Waals surface area contributed by atoms with Crippen LogP contribution >= 0.6 is 11.8 Å². The molecule has 0 N–H and O–H groups in total. The maximum absolute atomic E-state index is 5.96. The Kier molecular flexibility index (Phi) is 5.85. The van der Waals surface area contributed by atoms with E-state index in [2.05, 4.69) is 38.2 Å². The van der Waals surface area contributed by atoms with Gasteiger partial charge < -0.3 is 14.5 Å². The first-order valence-electron chi connectivity index (χ1n) is 8.89. The minimum absolute atomic E-state index is 0.140. The topological polar surface area (TPSA) is 56.6 Å². The van der Waals surface area contributed by atoms with Crippen molar-refractivity contribution in [2.45, 2.75) is 30.8 Å². The van der Waals surface area contributed by atoms with Gasteiger partial charge in [-0.05, 0) is 30.8 Å². The van der Waals surface area contributed by atoms with E-state index in [-0.39, 0.29) is 5.41 Å². The maximum Gasteiger partial charge on any atom is 0.222 e. The van der Waals surface area contributed by atoms with Crippen LogP contribution in [0, 0.1) is 0 Å². The van der Waals surface area contributed by atoms with E-state index in [0.717, 1.165) is 34.7 Å². The number of ether oxygens (including phenoxy) is 2. The summed E-state index contributed by atoms with van der Waals surface area (Å²) >= 11 is 1.56. The van der Waals surface area contributed by atoms with Crippen LogP contribution in [0.3, 0.4) is 0 Å². The predicted molar refractivity (Wildman–Crippen MR) is 112 cm³/mol. The molecule has 0 atom stereocenters. The number of benzene rings is 1. The number of hydrogen-bond acceptors (Lipinski definition) is 6. The lowest BCUT2D eigenvalue weighted by Gasteiger charge is -2.34. The van der Waals surface area contributed by atoms with Gasteiger partial charge in [-0.25, -0.2) is 4.98 Å². The SMILES string of the molecule is C=CCOc1nc(SCCN=C)nc2c1C(C)(C)Cc1ccc(OC)cc1-2. The highest BCUT2D eigenvalue weighted by Gasteiger charge is 2.36. The fourth-order valence-electron chi connectivity index (χ4n) is 3.36. The van der Waals surface area contributed by atoms with Gasteiger partial charge in [0.2, 0.25) is 5.88 Å². The normalized spacial score (nSPS) is 14.0. The molecular weight excluding hydrogens is 358 g/mol. The molecule has 0 bridgehead atoms. The molecule has 5 nitrogen and oxygen atoms in total. The van der Waals surface area contributed by atoms with E-state index in [4.69, 9.17) is 19.4 Å². The molecule has 0 spiro atoms. The molecule has 1 heterocycles. The number of thioether (sulfide) groups is 1. The van der Waals surface area contributed by atoms with Crippen LogP contribution in [-0.2, 0) is 11.8 Å². The summed E-state index contributed by atoms with van der Waals surface area (Å²) in [5, 5.41) is 0.683. The molecule has 0 saturated heterocycles. The summed E-state index contributed by atoms with van der Waals surface area (Å²) in [6.45, 7) is 12.8. The zero-order valence-corrected chi connectivity index (χ0v) is 16.9. The standard InChI is InChI=1S/C21H25N3O2S/c1-6-10-26-19-17-18(23-20(24-19)27-11-9-22-4)16-12-15(25-5)8-7-14(16)13-21(17,2)3/h6-8,12H,1,4,9-11,13H2,2-3,5H3. The lowest BCUT2D eigenvalue weighted by atomic mass is 9.72. The van der Waals surface area contributed by atoms with Crippen LogP contribution < -0.4 is 9.47 Å². The van der Waals surface area contributed by atoms with Gasteiger partial charge in [0.05, 0.1) is 12.8 Å². The smallest absolute Gasteiger partial charge is 0.222 e. The highest BCUT2D eigenvalue weighted by Crippen LogP contribution is 2.47. The summed E-state index contributed by atoms with van der Waals surface area (Å²) in [5.74, 6) is 2.22. The monoisotopic (exact) mass is 383 g/mol. The van der Waals surface area contributed by atoms with Gasteiger partial charge in [0.1, 0.15) is 12.4 Å². The van der Waals surface area contributed by atoms with Crippen molar-refractivity contribution in [2.24, 2.45) is 4.99 Å². The molecule has 0 amide bonds. The summed E-state index contributed by atoms with van der Waals surface area (Å²) in [7, 11) is 1.68. The average molecular weight is 384 g/mol. The number of rotatable bonds is 8. The molecule has 1 aromatic heterocycles. The summed E-state index contributed by atoms with van der Waals surface area (Å²) in [5.41, 5.74) is 4.16. The first-order valence-corrected chi connectivity index (χ1v) is 9.87. The zero-order chi connectivity index (χ0) is 19.4. The van der Waals surface area contributed by atoms with Gasteiger partial charge in [0, 0.05) is 28.8 Å². The summed E-state index contributed by atoms with van der Waals surface area (Å²) < 4.78 is 11.4. The van der Waals surface area contributed by atoms with Crippen molar-refractivity contribution in [2.75, 3.05) is 26.0 Å². The lowest BCUT2D eigenvalue weighted by Crippen LogP contribution is -2.28. The second kappa shape index (κ2) is 8.13. The van der Waals surface area contributed by atoms with E-state index >= 15 is 0 Å². The molecule has 142 valence electrons. The Balaban J connectivity index is 2.18. The summed E-state index contributed by atoms with van der Waals surface area (Å²) in [4.78, 5) is 13.5. The van der Waals surface area contributed by atoms with Gasteiger partial charge in [-0.2, -0.15) is 4.98 Å². The Hall–Kier alpha value is -2.34. The van der Waals surface area contributed by atoms with Crippen LogP contribution in [0.25, 0.3) is 11.3 Å². The molecule has 0 saturated carbocycles. The molecule has 2 aromatic rings. The van der Waals surface area contributed by atoms with Crippen molar-refractivity contribution >= 4 is 18.5 Å². The molecule has 1 aliphatic rings. The van der Waals surface area contributed by atoms with Gasteiger partial charge in [-0.15, -0.1) is 0 Å². The Morgan fingerprint density at radius 1 is 1.33 bits per heavy atom. The fraction of sp³-hybridized carbons (Fsp3) is 0.381. The van der Waals surface area contributed by atoms with Crippen LogP contribution in [0.15, 0.2) is 41.0 Å². The minimum atomic E-state index is -0.140. The molecular formula is C21H25N3O2S. The Labute approximate surface area is 164 Å². The highest BCUT2D eigenvalue weighted by molar-refractivity contribution is 7.99. The third-order valence-corrected chi connectivity index (χ3v) is 5.38. The van der Waals surface area contributed by atoms with Gasteiger partial charge in [0.25, 0.3) is 0 Å². The van der Waals surface area contributed by atoms with E-state index < -0.39 is 0 Å². The van der Waals surface area contributed by atoms with E-state index in [1.807, 2.05) is 12.1 Å². The number of fused-ring (bicyclic) bond motifs is 3. The second-order valence-corrected chi connectivity index (χ2v) is 8.08. The predicted octanol–water partition coefficient (Wildman–Crippen LogP) is 4.34. The molecule has 3 rings (SSSR count). The first kappa shape index (κ1) is 19.4. The first-order chi connectivity index (χ1) is 13.0. The van der Waals surface area contributed by atoms with Crippen molar-refractivity contribution in [3.63, 3.8) is 0 Å². The maximum atomic E-state index is 5.96. The molecule has 0 radical (unpaired) electrons. The second-order valence-electron chi connectivity index (χ2n) is 7.01. The van der Waals surface area contributed by atoms with Crippen LogP contribution in [0.5, 0.6) is 11.6 Å². The zero-order valence-electron chi connectivity index (χ0n) is 16.1. The van der Waals surface area contributed by atoms with E-state index in [9.17, 15) is 0 Å². The number of hydrogen-bond donors (Lipinski definition) is 0. The Bertz CT molecular complexity index is 865. The van der Waals surface area contributed by atoms with E-state index in [1.165, 1.54) is 5.56 Å². The lowest BCUT2D eigenvalue weighted by molar-refractivity contribution is 0.327. The summed E-state index contributed by atoms with van der Waals surface area (Å²) in [6.07, 6.45) is 2.62. The summed E-state index contributed by atoms with van der Waals surface area (Å²) in [6, 6.07) is 6.18. The molecule has 27 heavy (non-hydrogen) atoms. The van der Waals surface area contributed by atoms with Gasteiger partial charge in [0.15, 0.2) is 5.16 Å². The Morgan fingerprint density at radius 3 is 2.85 bits per heavy atom. The highest BCUT2D eigenvalue weighted by atomic mass is 32.2. The van der Waals surface area contributed by atoms with Crippen LogP contribution in [0.1, 0.15) is 25.0 Å². The number of nitrogens with zero attached hydrogens (tertiary/aromatic N) is 3.